The molecule has 2 aromatic heterocycles. The molecule has 1 saturated heterocycles. The van der Waals surface area contributed by atoms with Crippen molar-refractivity contribution >= 4 is 6.03 Å². The van der Waals surface area contributed by atoms with E-state index in [4.69, 9.17) is 0 Å². The van der Waals surface area contributed by atoms with E-state index in [2.05, 4.69) is 19.9 Å². The highest BCUT2D eigenvalue weighted by Gasteiger charge is 2.25. The lowest BCUT2D eigenvalue weighted by Gasteiger charge is -2.32. The first-order chi connectivity index (χ1) is 11.1. The highest BCUT2D eigenvalue weighted by Crippen LogP contribution is 2.27. The maximum atomic E-state index is 12.2. The van der Waals surface area contributed by atoms with Gasteiger partial charge in [-0.2, -0.15) is 0 Å². The van der Waals surface area contributed by atoms with Crippen LogP contribution in [0.2, 0.25) is 0 Å². The number of urea groups is 1. The van der Waals surface area contributed by atoms with Gasteiger partial charge in [-0.25, -0.2) is 14.8 Å². The first kappa shape index (κ1) is 15.6. The van der Waals surface area contributed by atoms with E-state index in [0.29, 0.717) is 12.5 Å². The Hall–Kier alpha value is -2.31. The van der Waals surface area contributed by atoms with Crippen LogP contribution in [0.3, 0.4) is 0 Å². The first-order valence-electron chi connectivity index (χ1n) is 8.09. The van der Waals surface area contributed by atoms with Crippen molar-refractivity contribution in [3.8, 4) is 0 Å². The van der Waals surface area contributed by atoms with E-state index in [9.17, 15) is 4.79 Å². The van der Waals surface area contributed by atoms with Crippen molar-refractivity contribution in [2.45, 2.75) is 25.2 Å². The van der Waals surface area contributed by atoms with Crippen LogP contribution < -0.4 is 5.32 Å². The van der Waals surface area contributed by atoms with E-state index in [-0.39, 0.29) is 6.03 Å². The Morgan fingerprint density at radius 1 is 1.30 bits per heavy atom. The van der Waals surface area contributed by atoms with Crippen LogP contribution in [0.5, 0.6) is 0 Å². The number of carbonyl (C=O) groups excluding carboxylic acids is 1. The molecule has 2 aromatic rings. The van der Waals surface area contributed by atoms with Crippen LogP contribution in [0.1, 0.15) is 30.1 Å². The summed E-state index contributed by atoms with van der Waals surface area (Å²) in [5.74, 6) is 0.500. The number of carbonyl (C=O) groups is 1. The minimum absolute atomic E-state index is 0.0318. The fraction of sp³-hybridized carbons (Fsp3) is 0.562. The quantitative estimate of drug-likeness (QED) is 0.924. The fourth-order valence-corrected chi connectivity index (χ4v) is 3.14. The van der Waals surface area contributed by atoms with E-state index in [1.165, 1.54) is 5.69 Å². The van der Waals surface area contributed by atoms with Crippen LogP contribution in [0.15, 0.2) is 25.0 Å². The van der Waals surface area contributed by atoms with Gasteiger partial charge < -0.3 is 19.4 Å². The number of rotatable bonds is 4. The van der Waals surface area contributed by atoms with Crippen molar-refractivity contribution in [2.24, 2.45) is 14.1 Å². The van der Waals surface area contributed by atoms with Crippen LogP contribution in [0, 0.1) is 0 Å². The van der Waals surface area contributed by atoms with Gasteiger partial charge in [-0.05, 0) is 12.8 Å². The summed E-state index contributed by atoms with van der Waals surface area (Å²) < 4.78 is 3.99. The second-order valence-electron chi connectivity index (χ2n) is 6.20. The molecule has 1 fully saturated rings. The predicted molar refractivity (Wildman–Crippen MR) is 87.1 cm³/mol. The monoisotopic (exact) mass is 316 g/mol. The topological polar surface area (TPSA) is 68.0 Å². The molecule has 7 nitrogen and oxygen atoms in total. The van der Waals surface area contributed by atoms with Crippen molar-refractivity contribution in [3.63, 3.8) is 0 Å². The number of hydrogen-bond donors (Lipinski definition) is 1. The molecule has 1 aliphatic heterocycles. The third-order valence-corrected chi connectivity index (χ3v) is 4.47. The maximum Gasteiger partial charge on any atom is 0.317 e. The Balaban J connectivity index is 1.42. The summed E-state index contributed by atoms with van der Waals surface area (Å²) in [6, 6.07) is 0.0318. The number of likely N-dealkylation sites (tertiary alicyclic amines) is 1. The van der Waals surface area contributed by atoms with E-state index >= 15 is 0 Å². The van der Waals surface area contributed by atoms with Gasteiger partial charge in [0.05, 0.1) is 18.3 Å². The van der Waals surface area contributed by atoms with E-state index in [1.54, 1.807) is 6.33 Å². The zero-order valence-electron chi connectivity index (χ0n) is 13.8. The molecule has 0 aliphatic carbocycles. The van der Waals surface area contributed by atoms with Gasteiger partial charge in [0.2, 0.25) is 0 Å². The first-order valence-corrected chi connectivity index (χ1v) is 8.09. The van der Waals surface area contributed by atoms with E-state index in [1.807, 2.05) is 42.3 Å². The zero-order valence-corrected chi connectivity index (χ0v) is 13.8. The van der Waals surface area contributed by atoms with Crippen molar-refractivity contribution in [1.82, 2.24) is 29.3 Å². The Morgan fingerprint density at radius 3 is 2.70 bits per heavy atom. The molecule has 1 N–H and O–H groups in total. The van der Waals surface area contributed by atoms with Crippen LogP contribution in [-0.2, 0) is 20.5 Å². The van der Waals surface area contributed by atoms with Crippen molar-refractivity contribution in [1.29, 1.82) is 0 Å². The summed E-state index contributed by atoms with van der Waals surface area (Å²) in [4.78, 5) is 22.6. The molecule has 7 heteroatoms. The summed E-state index contributed by atoms with van der Waals surface area (Å²) in [5, 5.41) is 2.99. The highest BCUT2D eigenvalue weighted by atomic mass is 16.2. The van der Waals surface area contributed by atoms with Gasteiger partial charge in [-0.15, -0.1) is 0 Å². The molecular formula is C16H24N6O. The highest BCUT2D eigenvalue weighted by molar-refractivity contribution is 5.74. The van der Waals surface area contributed by atoms with Gasteiger partial charge in [0.15, 0.2) is 0 Å². The molecule has 0 radical (unpaired) electrons. The fourth-order valence-electron chi connectivity index (χ4n) is 3.14. The molecule has 0 spiro atoms. The average molecular weight is 316 g/mol. The lowest BCUT2D eigenvalue weighted by atomic mass is 9.94. The van der Waals surface area contributed by atoms with Crippen molar-refractivity contribution in [3.05, 3.63) is 36.4 Å². The van der Waals surface area contributed by atoms with E-state index < -0.39 is 0 Å². The molecule has 23 heavy (non-hydrogen) atoms. The largest absolute Gasteiger partial charge is 0.340 e. The minimum Gasteiger partial charge on any atom is -0.340 e. The summed E-state index contributed by atoms with van der Waals surface area (Å²) in [6.45, 7) is 2.22. The molecule has 2 amide bonds. The van der Waals surface area contributed by atoms with Crippen LogP contribution in [0.4, 0.5) is 4.79 Å². The Labute approximate surface area is 136 Å². The Morgan fingerprint density at radius 2 is 2.09 bits per heavy atom. The lowest BCUT2D eigenvalue weighted by molar-refractivity contribution is 0.180. The van der Waals surface area contributed by atoms with Gasteiger partial charge in [-0.1, -0.05) is 0 Å². The molecule has 0 aromatic carbocycles. The number of nitrogens with zero attached hydrogens (tertiary/aromatic N) is 5. The van der Waals surface area contributed by atoms with Gasteiger partial charge >= 0.3 is 6.03 Å². The molecule has 124 valence electrons. The average Bonchev–Trinajstić information content (AvgIpc) is 3.16. The number of amides is 2. The van der Waals surface area contributed by atoms with E-state index in [0.717, 1.165) is 38.0 Å². The summed E-state index contributed by atoms with van der Waals surface area (Å²) >= 11 is 0. The predicted octanol–water partition coefficient (Wildman–Crippen LogP) is 1.29. The van der Waals surface area contributed by atoms with Crippen LogP contribution in [0.25, 0.3) is 0 Å². The summed E-state index contributed by atoms with van der Waals surface area (Å²) in [5.41, 5.74) is 2.27. The van der Waals surface area contributed by atoms with Gasteiger partial charge in [-0.3, -0.25) is 0 Å². The third kappa shape index (κ3) is 3.72. The standard InChI is InChI=1S/C16H24N6O/c1-20-10-14(19-12-20)3-6-18-16(23)22-7-4-13(5-8-22)15-9-17-11-21(15)2/h9-13H,3-8H2,1-2H3,(H,18,23). The number of hydrogen-bond acceptors (Lipinski definition) is 3. The Bertz CT molecular complexity index is 653. The SMILES string of the molecule is Cn1cnc(CCNC(=O)N2CCC(c3cncn3C)CC2)c1. The van der Waals surface area contributed by atoms with Gasteiger partial charge in [0.25, 0.3) is 0 Å². The molecule has 3 rings (SSSR count). The maximum absolute atomic E-state index is 12.2. The second-order valence-corrected chi connectivity index (χ2v) is 6.20. The summed E-state index contributed by atoms with van der Waals surface area (Å²) in [6.07, 6.45) is 10.3. The number of imidazole rings is 2. The van der Waals surface area contributed by atoms with Crippen LogP contribution >= 0.6 is 0 Å². The lowest BCUT2D eigenvalue weighted by Crippen LogP contribution is -2.44. The number of aromatic nitrogens is 4. The molecule has 0 atom stereocenters. The molecule has 0 unspecified atom stereocenters. The number of nitrogens with one attached hydrogen (secondary N) is 1. The zero-order chi connectivity index (χ0) is 16.2. The molecule has 0 saturated carbocycles. The normalized spacial score (nSPS) is 15.8. The van der Waals surface area contributed by atoms with Crippen molar-refractivity contribution in [2.75, 3.05) is 19.6 Å². The van der Waals surface area contributed by atoms with Gasteiger partial charge in [0, 0.05) is 64.2 Å². The second kappa shape index (κ2) is 6.85. The molecule has 0 bridgehead atoms. The smallest absolute Gasteiger partial charge is 0.317 e. The summed E-state index contributed by atoms with van der Waals surface area (Å²) in [7, 11) is 3.97. The third-order valence-electron chi connectivity index (χ3n) is 4.47. The number of piperidine rings is 1. The van der Waals surface area contributed by atoms with Crippen LogP contribution in [-0.4, -0.2) is 49.7 Å². The van der Waals surface area contributed by atoms with Crippen molar-refractivity contribution < 1.29 is 4.79 Å². The van der Waals surface area contributed by atoms with Gasteiger partial charge in [0.1, 0.15) is 0 Å². The molecular weight excluding hydrogens is 292 g/mol. The Kier molecular flexibility index (Phi) is 4.64. The molecule has 1 aliphatic rings. The number of aryl methyl sites for hydroxylation is 2. The minimum atomic E-state index is 0.0318. The molecule has 3 heterocycles.